The van der Waals surface area contributed by atoms with Gasteiger partial charge in [-0.05, 0) is 6.92 Å². The van der Waals surface area contributed by atoms with Crippen LogP contribution in [-0.4, -0.2) is 28.1 Å². The fourth-order valence-corrected chi connectivity index (χ4v) is 2.05. The van der Waals surface area contributed by atoms with Gasteiger partial charge in [0.15, 0.2) is 0 Å². The number of nitrogens with zero attached hydrogens (tertiary/aromatic N) is 1. The molecule has 1 rings (SSSR count). The van der Waals surface area contributed by atoms with Gasteiger partial charge in [0.25, 0.3) is 0 Å². The monoisotopic (exact) mass is 258 g/mol. The number of aromatic nitrogens is 1. The second-order valence-electron chi connectivity index (χ2n) is 3.54. The van der Waals surface area contributed by atoms with Gasteiger partial charge in [-0.2, -0.15) is 0 Å². The SMILES string of the molecule is Cc1csc(=O)n1CCC(=O)NCCC(=O)O. The molecule has 0 fully saturated rings. The Kier molecular flexibility index (Phi) is 4.89. The molecule has 2 N–H and O–H groups in total. The Morgan fingerprint density at radius 1 is 1.47 bits per heavy atom. The molecule has 1 amide bonds. The van der Waals surface area contributed by atoms with Gasteiger partial charge in [-0.25, -0.2) is 0 Å². The second kappa shape index (κ2) is 6.19. The van der Waals surface area contributed by atoms with Crippen LogP contribution in [0, 0.1) is 6.92 Å². The van der Waals surface area contributed by atoms with E-state index in [0.29, 0.717) is 6.54 Å². The third kappa shape index (κ3) is 4.39. The van der Waals surface area contributed by atoms with Crippen LogP contribution in [0.25, 0.3) is 0 Å². The molecule has 1 aromatic rings. The highest BCUT2D eigenvalue weighted by molar-refractivity contribution is 7.07. The summed E-state index contributed by atoms with van der Waals surface area (Å²) < 4.78 is 1.53. The molecule has 0 aliphatic heterocycles. The number of nitrogens with one attached hydrogen (secondary N) is 1. The molecule has 0 saturated carbocycles. The molecule has 1 aromatic heterocycles. The van der Waals surface area contributed by atoms with Crippen LogP contribution in [-0.2, 0) is 16.1 Å². The zero-order chi connectivity index (χ0) is 12.8. The molecule has 7 heteroatoms. The summed E-state index contributed by atoms with van der Waals surface area (Å²) >= 11 is 1.10. The van der Waals surface area contributed by atoms with E-state index >= 15 is 0 Å². The Morgan fingerprint density at radius 2 is 2.18 bits per heavy atom. The first-order valence-electron chi connectivity index (χ1n) is 5.14. The van der Waals surface area contributed by atoms with Crippen molar-refractivity contribution in [2.24, 2.45) is 0 Å². The van der Waals surface area contributed by atoms with Crippen LogP contribution in [0.15, 0.2) is 10.2 Å². The maximum atomic E-state index is 11.3. The first-order valence-corrected chi connectivity index (χ1v) is 6.02. The molecule has 94 valence electrons. The summed E-state index contributed by atoms with van der Waals surface area (Å²) in [4.78, 5) is 32.8. The summed E-state index contributed by atoms with van der Waals surface area (Å²) in [5.41, 5.74) is 0.832. The number of thiazole rings is 1. The zero-order valence-corrected chi connectivity index (χ0v) is 10.2. The van der Waals surface area contributed by atoms with E-state index in [1.54, 1.807) is 12.3 Å². The number of carboxylic acid groups (broad SMARTS) is 1. The molecule has 0 atom stereocenters. The lowest BCUT2D eigenvalue weighted by Gasteiger charge is -2.05. The topological polar surface area (TPSA) is 88.4 Å². The Balaban J connectivity index is 2.34. The number of rotatable bonds is 6. The molecule has 17 heavy (non-hydrogen) atoms. The van der Waals surface area contributed by atoms with E-state index in [-0.39, 0.29) is 30.2 Å². The number of amides is 1. The number of aliphatic carboxylic acids is 1. The van der Waals surface area contributed by atoms with E-state index in [2.05, 4.69) is 5.32 Å². The lowest BCUT2D eigenvalue weighted by Crippen LogP contribution is -2.28. The summed E-state index contributed by atoms with van der Waals surface area (Å²) in [6.45, 7) is 2.25. The number of carbonyl (C=O) groups excluding carboxylic acids is 1. The van der Waals surface area contributed by atoms with Gasteiger partial charge >= 0.3 is 10.8 Å². The van der Waals surface area contributed by atoms with Crippen LogP contribution in [0.5, 0.6) is 0 Å². The molecule has 0 aliphatic rings. The third-order valence-corrected chi connectivity index (χ3v) is 3.08. The molecule has 0 bridgehead atoms. The third-order valence-electron chi connectivity index (χ3n) is 2.20. The lowest BCUT2D eigenvalue weighted by molar-refractivity contribution is -0.136. The molecule has 0 aromatic carbocycles. The van der Waals surface area contributed by atoms with Crippen molar-refractivity contribution in [2.45, 2.75) is 26.3 Å². The summed E-state index contributed by atoms with van der Waals surface area (Å²) in [6, 6.07) is 0. The fraction of sp³-hybridized carbons (Fsp3) is 0.500. The maximum absolute atomic E-state index is 11.3. The van der Waals surface area contributed by atoms with Crippen LogP contribution in [0.4, 0.5) is 0 Å². The van der Waals surface area contributed by atoms with Crippen molar-refractivity contribution in [3.63, 3.8) is 0 Å². The Labute approximate surface area is 102 Å². The van der Waals surface area contributed by atoms with Gasteiger partial charge < -0.3 is 15.0 Å². The molecule has 0 radical (unpaired) electrons. The van der Waals surface area contributed by atoms with Gasteiger partial charge in [-0.1, -0.05) is 11.3 Å². The van der Waals surface area contributed by atoms with Gasteiger partial charge in [-0.3, -0.25) is 14.4 Å². The quantitative estimate of drug-likeness (QED) is 0.763. The zero-order valence-electron chi connectivity index (χ0n) is 9.43. The largest absolute Gasteiger partial charge is 0.481 e. The average molecular weight is 258 g/mol. The van der Waals surface area contributed by atoms with Crippen molar-refractivity contribution >= 4 is 23.2 Å². The number of carboxylic acids is 1. The Bertz CT molecular complexity index is 463. The highest BCUT2D eigenvalue weighted by atomic mass is 32.1. The van der Waals surface area contributed by atoms with Crippen molar-refractivity contribution in [1.82, 2.24) is 9.88 Å². The molecule has 6 nitrogen and oxygen atoms in total. The van der Waals surface area contributed by atoms with E-state index in [9.17, 15) is 14.4 Å². The highest BCUT2D eigenvalue weighted by Gasteiger charge is 2.06. The van der Waals surface area contributed by atoms with Crippen LogP contribution in [0.3, 0.4) is 0 Å². The number of hydrogen-bond acceptors (Lipinski definition) is 4. The van der Waals surface area contributed by atoms with E-state index in [1.165, 1.54) is 4.57 Å². The van der Waals surface area contributed by atoms with Crippen molar-refractivity contribution in [2.75, 3.05) is 6.54 Å². The summed E-state index contributed by atoms with van der Waals surface area (Å²) in [6.07, 6.45) is 0.0836. The molecule has 0 spiro atoms. The minimum Gasteiger partial charge on any atom is -0.481 e. The minimum absolute atomic E-state index is 0.0826. The number of carbonyl (C=O) groups is 2. The first kappa shape index (κ1) is 13.4. The van der Waals surface area contributed by atoms with Crippen molar-refractivity contribution in [1.29, 1.82) is 0 Å². The lowest BCUT2D eigenvalue weighted by atomic mass is 10.3. The Morgan fingerprint density at radius 3 is 2.71 bits per heavy atom. The van der Waals surface area contributed by atoms with E-state index < -0.39 is 5.97 Å². The first-order chi connectivity index (χ1) is 8.00. The van der Waals surface area contributed by atoms with E-state index in [1.807, 2.05) is 0 Å². The number of aryl methyl sites for hydroxylation is 1. The molecule has 1 heterocycles. The van der Waals surface area contributed by atoms with Crippen molar-refractivity contribution in [3.05, 3.63) is 20.7 Å². The van der Waals surface area contributed by atoms with Gasteiger partial charge in [0, 0.05) is 30.6 Å². The van der Waals surface area contributed by atoms with Gasteiger partial charge in [0.1, 0.15) is 0 Å². The predicted molar refractivity (Wildman–Crippen MR) is 63.2 cm³/mol. The van der Waals surface area contributed by atoms with Crippen molar-refractivity contribution in [3.8, 4) is 0 Å². The molecule has 0 unspecified atom stereocenters. The second-order valence-corrected chi connectivity index (χ2v) is 4.36. The normalized spacial score (nSPS) is 10.2. The standard InChI is InChI=1S/C10H14N2O4S/c1-7-6-17-10(16)12(7)5-3-8(13)11-4-2-9(14)15/h6H,2-5H2,1H3,(H,11,13)(H,14,15). The predicted octanol–water partition coefficient (Wildman–Crippen LogP) is 0.199. The Hall–Kier alpha value is -1.63. The highest BCUT2D eigenvalue weighted by Crippen LogP contribution is 2.00. The van der Waals surface area contributed by atoms with Crippen LogP contribution < -0.4 is 10.2 Å². The maximum Gasteiger partial charge on any atom is 0.307 e. The molecule has 0 aliphatic carbocycles. The van der Waals surface area contributed by atoms with Crippen LogP contribution in [0.1, 0.15) is 18.5 Å². The summed E-state index contributed by atoms with van der Waals surface area (Å²) in [7, 11) is 0. The summed E-state index contributed by atoms with van der Waals surface area (Å²) in [5.74, 6) is -1.20. The molecular weight excluding hydrogens is 244 g/mol. The minimum atomic E-state index is -0.949. The van der Waals surface area contributed by atoms with Gasteiger partial charge in [-0.15, -0.1) is 0 Å². The van der Waals surface area contributed by atoms with Gasteiger partial charge in [0.2, 0.25) is 5.91 Å². The number of hydrogen-bond donors (Lipinski definition) is 2. The fourth-order valence-electron chi connectivity index (χ4n) is 1.29. The molecular formula is C10H14N2O4S. The van der Waals surface area contributed by atoms with E-state index in [4.69, 9.17) is 5.11 Å². The van der Waals surface area contributed by atoms with Crippen LogP contribution in [0.2, 0.25) is 0 Å². The van der Waals surface area contributed by atoms with Gasteiger partial charge in [0.05, 0.1) is 6.42 Å². The van der Waals surface area contributed by atoms with Crippen molar-refractivity contribution < 1.29 is 14.7 Å². The smallest absolute Gasteiger partial charge is 0.307 e. The van der Waals surface area contributed by atoms with Crippen LogP contribution >= 0.6 is 11.3 Å². The molecule has 0 saturated heterocycles. The average Bonchev–Trinajstić information content (AvgIpc) is 2.55. The van der Waals surface area contributed by atoms with E-state index in [0.717, 1.165) is 17.0 Å². The summed E-state index contributed by atoms with van der Waals surface area (Å²) in [5, 5.41) is 12.6.